The molecule has 0 aromatic carbocycles. The van der Waals surface area contributed by atoms with Crippen LogP contribution in [0.5, 0.6) is 5.75 Å². The van der Waals surface area contributed by atoms with E-state index in [1.807, 2.05) is 0 Å². The minimum Gasteiger partial charge on any atom is -0.466 e. The summed E-state index contributed by atoms with van der Waals surface area (Å²) in [6.45, 7) is 3.60. The zero-order chi connectivity index (χ0) is 20.2. The van der Waals surface area contributed by atoms with Gasteiger partial charge in [-0.1, -0.05) is 0 Å². The highest BCUT2D eigenvalue weighted by atomic mass is 32.2. The summed E-state index contributed by atoms with van der Waals surface area (Å²) in [5, 5.41) is 0.512. The summed E-state index contributed by atoms with van der Waals surface area (Å²) >= 11 is 1.29. The molecule has 0 radical (unpaired) electrons. The Morgan fingerprint density at radius 2 is 2.00 bits per heavy atom. The fourth-order valence-corrected chi connectivity index (χ4v) is 3.45. The number of esters is 1. The average Bonchev–Trinajstić information content (AvgIpc) is 2.98. The number of aryl methyl sites for hydroxylation is 1. The zero-order valence-electron chi connectivity index (χ0n) is 14.2. The number of nitrogens with zero attached hydrogens (tertiary/aromatic N) is 2. The molecule has 0 spiro atoms. The smallest absolute Gasteiger partial charge is 0.466 e. The highest BCUT2D eigenvalue weighted by Gasteiger charge is 2.48. The molecule has 2 rings (SSSR count). The minimum atomic E-state index is -5.83. The van der Waals surface area contributed by atoms with Crippen LogP contribution in [0.3, 0.4) is 0 Å². The summed E-state index contributed by atoms with van der Waals surface area (Å²) in [6.07, 6.45) is 3.58. The van der Waals surface area contributed by atoms with Crippen LogP contribution in [0.2, 0.25) is 0 Å². The molecule has 148 valence electrons. The molecule has 0 saturated heterocycles. The predicted molar refractivity (Wildman–Crippen MR) is 89.8 cm³/mol. The lowest BCUT2D eigenvalue weighted by molar-refractivity contribution is -0.143. The highest BCUT2D eigenvalue weighted by molar-refractivity contribution is 7.88. The number of ether oxygens (including phenoxy) is 1. The van der Waals surface area contributed by atoms with Crippen molar-refractivity contribution < 1.29 is 35.3 Å². The molecule has 0 amide bonds. The van der Waals surface area contributed by atoms with Crippen molar-refractivity contribution in [3.63, 3.8) is 0 Å². The van der Waals surface area contributed by atoms with Gasteiger partial charge in [-0.15, -0.1) is 11.3 Å². The predicted octanol–water partition coefficient (Wildman–Crippen LogP) is 3.16. The molecule has 0 aliphatic rings. The van der Waals surface area contributed by atoms with E-state index < -0.39 is 33.3 Å². The first-order chi connectivity index (χ1) is 12.5. The van der Waals surface area contributed by atoms with E-state index in [0.29, 0.717) is 5.01 Å². The molecule has 12 heteroatoms. The molecular formula is C15H15F3N2O5S2. The standard InChI is InChI=1S/C15H15F3N2O5S2/c1-3-24-13(21)5-12(14-20-6-9(2)26-14)10-4-11(8-19-7-10)25-27(22,23)15(16,17)18/h4,6-8,12H,3,5H2,1-2H3. The van der Waals surface area contributed by atoms with Gasteiger partial charge in [0.15, 0.2) is 5.75 Å². The first-order valence-electron chi connectivity index (χ1n) is 7.57. The quantitative estimate of drug-likeness (QED) is 0.383. The molecule has 0 fully saturated rings. The van der Waals surface area contributed by atoms with Gasteiger partial charge in [0.2, 0.25) is 0 Å². The second-order valence-corrected chi connectivity index (χ2v) is 8.11. The Morgan fingerprint density at radius 1 is 1.30 bits per heavy atom. The van der Waals surface area contributed by atoms with Crippen LogP contribution in [0.1, 0.15) is 34.7 Å². The average molecular weight is 424 g/mol. The number of alkyl halides is 3. The van der Waals surface area contributed by atoms with Crippen LogP contribution in [0, 0.1) is 6.92 Å². The van der Waals surface area contributed by atoms with Gasteiger partial charge in [-0.2, -0.15) is 21.6 Å². The van der Waals surface area contributed by atoms with Crippen LogP contribution < -0.4 is 4.18 Å². The van der Waals surface area contributed by atoms with E-state index in [9.17, 15) is 26.4 Å². The van der Waals surface area contributed by atoms with Crippen molar-refractivity contribution in [3.8, 4) is 5.75 Å². The van der Waals surface area contributed by atoms with Crippen molar-refractivity contribution in [3.05, 3.63) is 40.1 Å². The van der Waals surface area contributed by atoms with Gasteiger partial charge in [-0.25, -0.2) is 4.98 Å². The number of carbonyl (C=O) groups is 1. The van der Waals surface area contributed by atoms with Gasteiger partial charge in [0.1, 0.15) is 5.01 Å². The molecule has 2 aromatic rings. The molecule has 2 heterocycles. The normalized spacial score (nSPS) is 13.2. The van der Waals surface area contributed by atoms with Gasteiger partial charge in [0.05, 0.1) is 19.2 Å². The summed E-state index contributed by atoms with van der Waals surface area (Å²) in [5.41, 5.74) is -5.30. The Hall–Kier alpha value is -2.21. The van der Waals surface area contributed by atoms with E-state index in [2.05, 4.69) is 14.2 Å². The SMILES string of the molecule is CCOC(=O)CC(c1cncc(OS(=O)(=O)C(F)(F)F)c1)c1ncc(C)s1. The Kier molecular flexibility index (Phi) is 6.42. The van der Waals surface area contributed by atoms with E-state index in [4.69, 9.17) is 4.74 Å². The first kappa shape index (κ1) is 21.1. The van der Waals surface area contributed by atoms with Crippen LogP contribution in [-0.4, -0.2) is 36.5 Å². The lowest BCUT2D eigenvalue weighted by atomic mass is 9.98. The maximum absolute atomic E-state index is 12.5. The number of halogens is 3. The molecular weight excluding hydrogens is 409 g/mol. The van der Waals surface area contributed by atoms with E-state index in [0.717, 1.165) is 17.1 Å². The summed E-state index contributed by atoms with van der Waals surface area (Å²) in [7, 11) is -5.83. The van der Waals surface area contributed by atoms with Crippen LogP contribution >= 0.6 is 11.3 Å². The third kappa shape index (κ3) is 5.39. The number of rotatable bonds is 7. The third-order valence-corrected chi connectivity index (χ3v) is 5.24. The molecule has 0 aliphatic carbocycles. The van der Waals surface area contributed by atoms with E-state index in [-0.39, 0.29) is 18.6 Å². The molecule has 0 aliphatic heterocycles. The summed E-state index contributed by atoms with van der Waals surface area (Å²) in [5.74, 6) is -1.83. The van der Waals surface area contributed by atoms with Gasteiger partial charge < -0.3 is 8.92 Å². The van der Waals surface area contributed by atoms with E-state index >= 15 is 0 Å². The fourth-order valence-electron chi connectivity index (χ4n) is 2.11. The molecule has 0 bridgehead atoms. The van der Waals surface area contributed by atoms with E-state index in [1.54, 1.807) is 20.0 Å². The lowest BCUT2D eigenvalue weighted by Crippen LogP contribution is -2.28. The second kappa shape index (κ2) is 8.21. The van der Waals surface area contributed by atoms with E-state index in [1.165, 1.54) is 17.5 Å². The van der Waals surface area contributed by atoms with Crippen molar-refractivity contribution in [2.45, 2.75) is 31.7 Å². The monoisotopic (exact) mass is 424 g/mol. The zero-order valence-corrected chi connectivity index (χ0v) is 15.8. The number of aromatic nitrogens is 2. The Bertz CT molecular complexity index is 912. The summed E-state index contributed by atoms with van der Waals surface area (Å²) in [4.78, 5) is 20.7. The molecule has 1 atom stereocenters. The minimum absolute atomic E-state index is 0.141. The van der Waals surface area contributed by atoms with Gasteiger partial charge in [0.25, 0.3) is 0 Å². The van der Waals surface area contributed by atoms with Crippen molar-refractivity contribution in [2.75, 3.05) is 6.61 Å². The Labute approximate surface area is 157 Å². The maximum Gasteiger partial charge on any atom is 0.534 e. The maximum atomic E-state index is 12.5. The lowest BCUT2D eigenvalue weighted by Gasteiger charge is -2.15. The van der Waals surface area contributed by atoms with Crippen molar-refractivity contribution in [1.82, 2.24) is 9.97 Å². The van der Waals surface area contributed by atoms with Crippen molar-refractivity contribution in [1.29, 1.82) is 0 Å². The topological polar surface area (TPSA) is 95.5 Å². The van der Waals surface area contributed by atoms with Gasteiger partial charge in [0, 0.05) is 23.2 Å². The molecule has 27 heavy (non-hydrogen) atoms. The number of hydrogen-bond donors (Lipinski definition) is 0. The first-order valence-corrected chi connectivity index (χ1v) is 9.79. The second-order valence-electron chi connectivity index (χ2n) is 5.31. The van der Waals surface area contributed by atoms with Crippen LogP contribution in [0.4, 0.5) is 13.2 Å². The Balaban J connectivity index is 2.37. The third-order valence-electron chi connectivity index (χ3n) is 3.24. The van der Waals surface area contributed by atoms with Crippen molar-refractivity contribution >= 4 is 27.4 Å². The molecule has 0 saturated carbocycles. The van der Waals surface area contributed by atoms with Gasteiger partial charge in [-0.3, -0.25) is 9.78 Å². The molecule has 1 unspecified atom stereocenters. The Morgan fingerprint density at radius 3 is 2.56 bits per heavy atom. The largest absolute Gasteiger partial charge is 0.534 e. The van der Waals surface area contributed by atoms with Crippen LogP contribution in [0.15, 0.2) is 24.7 Å². The molecule has 2 aromatic heterocycles. The van der Waals surface area contributed by atoms with Crippen LogP contribution in [-0.2, 0) is 19.6 Å². The number of thiazole rings is 1. The van der Waals surface area contributed by atoms with Crippen molar-refractivity contribution in [2.24, 2.45) is 0 Å². The fraction of sp³-hybridized carbons (Fsp3) is 0.400. The molecule has 0 N–H and O–H groups in total. The van der Waals surface area contributed by atoms with Crippen LogP contribution in [0.25, 0.3) is 0 Å². The number of pyridine rings is 1. The number of hydrogen-bond acceptors (Lipinski definition) is 8. The van der Waals surface area contributed by atoms with Gasteiger partial charge in [-0.05, 0) is 25.5 Å². The van der Waals surface area contributed by atoms with Gasteiger partial charge >= 0.3 is 21.6 Å². The summed E-state index contributed by atoms with van der Waals surface area (Å²) < 4.78 is 68.9. The number of carbonyl (C=O) groups excluding carboxylic acids is 1. The molecule has 7 nitrogen and oxygen atoms in total. The highest BCUT2D eigenvalue weighted by Crippen LogP contribution is 2.34. The summed E-state index contributed by atoms with van der Waals surface area (Å²) in [6, 6.07) is 1.08.